The van der Waals surface area contributed by atoms with Crippen LogP contribution in [0.25, 0.3) is 11.0 Å². The molecule has 0 aliphatic rings. The smallest absolute Gasteiger partial charge is 0.171 e. The highest BCUT2D eigenvalue weighted by molar-refractivity contribution is 7.99. The third kappa shape index (κ3) is 2.68. The highest BCUT2D eigenvalue weighted by atomic mass is 35.5. The number of aliphatic hydroxyl groups excluding tert-OH is 1. The van der Waals surface area contributed by atoms with Gasteiger partial charge in [-0.05, 0) is 36.8 Å². The van der Waals surface area contributed by atoms with Crippen LogP contribution in [-0.4, -0.2) is 15.1 Å². The second kappa shape index (κ2) is 5.48. The first-order valence-electron chi connectivity index (χ1n) is 6.23. The number of H-pyrrole nitrogens is 1. The minimum Gasteiger partial charge on any atom is -0.389 e. The van der Waals surface area contributed by atoms with Crippen LogP contribution in [0.4, 0.5) is 0 Å². The molecule has 1 atom stereocenters. The summed E-state index contributed by atoms with van der Waals surface area (Å²) in [5, 5.41) is 11.0. The summed E-state index contributed by atoms with van der Waals surface area (Å²) in [6.45, 7) is 1.70. The lowest BCUT2D eigenvalue weighted by Gasteiger charge is -2.08. The number of para-hydroxylation sites is 2. The fourth-order valence-corrected chi connectivity index (χ4v) is 3.24. The molecule has 1 heterocycles. The van der Waals surface area contributed by atoms with Crippen molar-refractivity contribution in [1.82, 2.24) is 9.97 Å². The molecule has 102 valence electrons. The van der Waals surface area contributed by atoms with E-state index in [-0.39, 0.29) is 0 Å². The lowest BCUT2D eigenvalue weighted by atomic mass is 10.1. The van der Waals surface area contributed by atoms with E-state index in [1.807, 2.05) is 42.5 Å². The summed E-state index contributed by atoms with van der Waals surface area (Å²) >= 11 is 7.68. The maximum atomic E-state index is 9.57. The van der Waals surface area contributed by atoms with Crippen LogP contribution >= 0.6 is 23.4 Å². The van der Waals surface area contributed by atoms with E-state index >= 15 is 0 Å². The van der Waals surface area contributed by atoms with Gasteiger partial charge in [0.2, 0.25) is 0 Å². The molecule has 0 amide bonds. The summed E-state index contributed by atoms with van der Waals surface area (Å²) in [4.78, 5) is 8.76. The van der Waals surface area contributed by atoms with E-state index in [0.29, 0.717) is 5.02 Å². The normalized spacial score (nSPS) is 12.8. The van der Waals surface area contributed by atoms with Gasteiger partial charge in [-0.1, -0.05) is 41.6 Å². The van der Waals surface area contributed by atoms with Gasteiger partial charge in [-0.15, -0.1) is 0 Å². The molecule has 0 bridgehead atoms. The SMILES string of the molecule is CC(O)c1ccc(Sc2nc3ccccc3[nH]2)cc1Cl. The molecule has 0 aliphatic carbocycles. The van der Waals surface area contributed by atoms with Crippen LogP contribution in [0, 0.1) is 0 Å². The van der Waals surface area contributed by atoms with E-state index in [1.54, 1.807) is 6.92 Å². The topological polar surface area (TPSA) is 48.9 Å². The zero-order valence-electron chi connectivity index (χ0n) is 10.8. The van der Waals surface area contributed by atoms with Crippen molar-refractivity contribution in [1.29, 1.82) is 0 Å². The Morgan fingerprint density at radius 2 is 2.05 bits per heavy atom. The highest BCUT2D eigenvalue weighted by Gasteiger charge is 2.09. The van der Waals surface area contributed by atoms with Gasteiger partial charge in [-0.2, -0.15) is 0 Å². The summed E-state index contributed by atoms with van der Waals surface area (Å²) in [7, 11) is 0. The maximum Gasteiger partial charge on any atom is 0.171 e. The number of aromatic amines is 1. The van der Waals surface area contributed by atoms with E-state index in [9.17, 15) is 5.11 Å². The number of hydrogen-bond donors (Lipinski definition) is 2. The van der Waals surface area contributed by atoms with Crippen LogP contribution in [0.3, 0.4) is 0 Å². The van der Waals surface area contributed by atoms with Crippen molar-refractivity contribution in [2.45, 2.75) is 23.1 Å². The van der Waals surface area contributed by atoms with E-state index in [4.69, 9.17) is 11.6 Å². The van der Waals surface area contributed by atoms with Gasteiger partial charge in [0, 0.05) is 9.92 Å². The van der Waals surface area contributed by atoms with Crippen molar-refractivity contribution in [2.24, 2.45) is 0 Å². The van der Waals surface area contributed by atoms with E-state index in [2.05, 4.69) is 9.97 Å². The lowest BCUT2D eigenvalue weighted by Crippen LogP contribution is -1.92. The molecule has 2 aromatic carbocycles. The first-order valence-corrected chi connectivity index (χ1v) is 7.43. The number of benzene rings is 2. The van der Waals surface area contributed by atoms with Crippen LogP contribution in [0.5, 0.6) is 0 Å². The minimum absolute atomic E-state index is 0.562. The molecule has 1 aromatic heterocycles. The third-order valence-electron chi connectivity index (χ3n) is 3.00. The standard InChI is InChI=1S/C15H13ClN2OS/c1-9(19)11-7-6-10(8-12(11)16)20-15-17-13-4-2-3-5-14(13)18-15/h2-9,19H,1H3,(H,17,18). The Labute approximate surface area is 126 Å². The van der Waals surface area contributed by atoms with Crippen LogP contribution < -0.4 is 0 Å². The molecule has 3 nitrogen and oxygen atoms in total. The molecular formula is C15H13ClN2OS. The lowest BCUT2D eigenvalue weighted by molar-refractivity contribution is 0.199. The number of nitrogens with zero attached hydrogens (tertiary/aromatic N) is 1. The number of imidazole rings is 1. The average molecular weight is 305 g/mol. The van der Waals surface area contributed by atoms with Crippen molar-refractivity contribution < 1.29 is 5.11 Å². The molecule has 1 unspecified atom stereocenters. The first-order chi connectivity index (χ1) is 9.63. The Balaban J connectivity index is 1.89. The van der Waals surface area contributed by atoms with Gasteiger partial charge in [0.15, 0.2) is 5.16 Å². The second-order valence-corrected chi connectivity index (χ2v) is 5.99. The Bertz CT molecular complexity index is 721. The fraction of sp³-hybridized carbons (Fsp3) is 0.133. The van der Waals surface area contributed by atoms with E-state index in [1.165, 1.54) is 11.8 Å². The van der Waals surface area contributed by atoms with Gasteiger partial charge in [0.25, 0.3) is 0 Å². The molecule has 0 saturated carbocycles. The van der Waals surface area contributed by atoms with Crippen molar-refractivity contribution in [3.05, 3.63) is 53.1 Å². The van der Waals surface area contributed by atoms with Gasteiger partial charge in [-0.3, -0.25) is 0 Å². The molecule has 0 fully saturated rings. The quantitative estimate of drug-likeness (QED) is 0.753. The van der Waals surface area contributed by atoms with Gasteiger partial charge >= 0.3 is 0 Å². The Kier molecular flexibility index (Phi) is 3.70. The van der Waals surface area contributed by atoms with Gasteiger partial charge in [0.1, 0.15) is 0 Å². The average Bonchev–Trinajstić information content (AvgIpc) is 2.80. The predicted octanol–water partition coefficient (Wildman–Crippen LogP) is 4.42. The number of hydrogen-bond acceptors (Lipinski definition) is 3. The Hall–Kier alpha value is -1.49. The third-order valence-corrected chi connectivity index (χ3v) is 4.21. The van der Waals surface area contributed by atoms with Crippen molar-refractivity contribution >= 4 is 34.4 Å². The summed E-state index contributed by atoms with van der Waals surface area (Å²) in [6, 6.07) is 13.5. The van der Waals surface area contributed by atoms with Gasteiger partial charge in [0.05, 0.1) is 17.1 Å². The maximum absolute atomic E-state index is 9.57. The zero-order valence-corrected chi connectivity index (χ0v) is 12.4. The Morgan fingerprint density at radius 3 is 2.75 bits per heavy atom. The molecule has 0 spiro atoms. The predicted molar refractivity (Wildman–Crippen MR) is 82.3 cm³/mol. The van der Waals surface area contributed by atoms with Crippen LogP contribution in [0.1, 0.15) is 18.6 Å². The number of nitrogens with one attached hydrogen (secondary N) is 1. The second-order valence-electron chi connectivity index (χ2n) is 4.52. The number of aliphatic hydroxyl groups is 1. The molecule has 0 saturated heterocycles. The molecule has 0 radical (unpaired) electrons. The number of rotatable bonds is 3. The van der Waals surface area contributed by atoms with Crippen molar-refractivity contribution in [3.8, 4) is 0 Å². The van der Waals surface area contributed by atoms with Crippen molar-refractivity contribution in [3.63, 3.8) is 0 Å². The molecule has 3 rings (SSSR count). The molecular weight excluding hydrogens is 292 g/mol. The van der Waals surface area contributed by atoms with Crippen LogP contribution in [-0.2, 0) is 0 Å². The first kappa shape index (κ1) is 13.5. The summed E-state index contributed by atoms with van der Waals surface area (Å²) < 4.78 is 0. The number of halogens is 1. The zero-order chi connectivity index (χ0) is 14.1. The van der Waals surface area contributed by atoms with Gasteiger partial charge in [-0.25, -0.2) is 4.98 Å². The molecule has 0 aliphatic heterocycles. The highest BCUT2D eigenvalue weighted by Crippen LogP contribution is 2.32. The van der Waals surface area contributed by atoms with E-state index < -0.39 is 6.10 Å². The molecule has 3 aromatic rings. The minimum atomic E-state index is -0.562. The van der Waals surface area contributed by atoms with E-state index in [0.717, 1.165) is 26.6 Å². The fourth-order valence-electron chi connectivity index (χ4n) is 2.00. The largest absolute Gasteiger partial charge is 0.389 e. The summed E-state index contributed by atoms with van der Waals surface area (Å²) in [6.07, 6.45) is -0.562. The Morgan fingerprint density at radius 1 is 1.25 bits per heavy atom. The molecule has 20 heavy (non-hydrogen) atoms. The van der Waals surface area contributed by atoms with Crippen LogP contribution in [0.15, 0.2) is 52.5 Å². The number of fused-ring (bicyclic) bond motifs is 1. The summed E-state index contributed by atoms with van der Waals surface area (Å²) in [5.41, 5.74) is 2.70. The van der Waals surface area contributed by atoms with Crippen molar-refractivity contribution in [2.75, 3.05) is 0 Å². The molecule has 2 N–H and O–H groups in total. The van der Waals surface area contributed by atoms with Gasteiger partial charge < -0.3 is 10.1 Å². The summed E-state index contributed by atoms with van der Waals surface area (Å²) in [5.74, 6) is 0. The monoisotopic (exact) mass is 304 g/mol. The number of aromatic nitrogens is 2. The molecule has 5 heteroatoms. The van der Waals surface area contributed by atoms with Crippen LogP contribution in [0.2, 0.25) is 5.02 Å².